The number of halogens is 1. The second-order valence-corrected chi connectivity index (χ2v) is 4.53. The Bertz CT molecular complexity index is 558. The van der Waals surface area contributed by atoms with Crippen molar-refractivity contribution in [1.82, 2.24) is 5.32 Å². The van der Waals surface area contributed by atoms with Gasteiger partial charge in [0.15, 0.2) is 5.75 Å². The van der Waals surface area contributed by atoms with Gasteiger partial charge in [0.1, 0.15) is 5.75 Å². The van der Waals surface area contributed by atoms with Gasteiger partial charge in [0.2, 0.25) is 0 Å². The molecule has 0 aliphatic rings. The smallest absolute Gasteiger partial charge is 0.150 e. The molecule has 0 bridgehead atoms. The molecule has 0 aromatic heterocycles. The standard InChI is InChI=1S/C15H16ClNO2/c1-17-9-11-6-4-7-13(16)15(11)19-14-8-3-2-5-12(14)10-18/h2-8,17-18H,9-10H2,1H3. The highest BCUT2D eigenvalue weighted by molar-refractivity contribution is 6.32. The lowest BCUT2D eigenvalue weighted by Gasteiger charge is -2.14. The molecule has 19 heavy (non-hydrogen) atoms. The Morgan fingerprint density at radius 1 is 1.11 bits per heavy atom. The summed E-state index contributed by atoms with van der Waals surface area (Å²) in [6.45, 7) is 0.596. The molecule has 0 saturated heterocycles. The zero-order valence-electron chi connectivity index (χ0n) is 10.7. The van der Waals surface area contributed by atoms with E-state index in [0.717, 1.165) is 11.1 Å². The van der Waals surface area contributed by atoms with E-state index >= 15 is 0 Å². The molecule has 2 N–H and O–H groups in total. The van der Waals surface area contributed by atoms with Crippen LogP contribution < -0.4 is 10.1 Å². The van der Waals surface area contributed by atoms with Gasteiger partial charge in [-0.2, -0.15) is 0 Å². The highest BCUT2D eigenvalue weighted by Crippen LogP contribution is 2.34. The van der Waals surface area contributed by atoms with Crippen molar-refractivity contribution >= 4 is 11.6 Å². The molecule has 0 atom stereocenters. The Balaban J connectivity index is 2.37. The molecule has 2 aromatic carbocycles. The largest absolute Gasteiger partial charge is 0.455 e. The summed E-state index contributed by atoms with van der Waals surface area (Å²) < 4.78 is 5.88. The first kappa shape index (κ1) is 13.9. The molecule has 0 saturated carbocycles. The molecule has 0 amide bonds. The molecule has 2 rings (SSSR count). The van der Waals surface area contributed by atoms with Crippen LogP contribution in [0.2, 0.25) is 5.02 Å². The molecule has 0 unspecified atom stereocenters. The van der Waals surface area contributed by atoms with Crippen molar-refractivity contribution in [1.29, 1.82) is 0 Å². The van der Waals surface area contributed by atoms with Crippen LogP contribution in [0, 0.1) is 0 Å². The van der Waals surface area contributed by atoms with Gasteiger partial charge < -0.3 is 15.2 Å². The first-order chi connectivity index (χ1) is 9.26. The minimum atomic E-state index is -0.0675. The number of hydrogen-bond acceptors (Lipinski definition) is 3. The van der Waals surface area contributed by atoms with Crippen LogP contribution >= 0.6 is 11.6 Å². The molecule has 0 aliphatic carbocycles. The van der Waals surface area contributed by atoms with Crippen molar-refractivity contribution in [2.75, 3.05) is 7.05 Å². The zero-order valence-corrected chi connectivity index (χ0v) is 11.4. The maximum atomic E-state index is 9.31. The number of rotatable bonds is 5. The number of ether oxygens (including phenoxy) is 1. The minimum absolute atomic E-state index is 0.0675. The molecule has 3 nitrogen and oxygen atoms in total. The number of benzene rings is 2. The van der Waals surface area contributed by atoms with Crippen LogP contribution in [-0.2, 0) is 13.2 Å². The topological polar surface area (TPSA) is 41.5 Å². The van der Waals surface area contributed by atoms with Crippen molar-refractivity contribution in [2.45, 2.75) is 13.2 Å². The van der Waals surface area contributed by atoms with Gasteiger partial charge >= 0.3 is 0 Å². The monoisotopic (exact) mass is 277 g/mol. The molecule has 2 aromatic rings. The molecule has 0 aliphatic heterocycles. The lowest BCUT2D eigenvalue weighted by Crippen LogP contribution is -2.06. The Morgan fingerprint density at radius 3 is 2.58 bits per heavy atom. The van der Waals surface area contributed by atoms with Crippen molar-refractivity contribution in [3.63, 3.8) is 0 Å². The maximum absolute atomic E-state index is 9.31. The van der Waals surface area contributed by atoms with E-state index in [0.29, 0.717) is 23.1 Å². The first-order valence-corrected chi connectivity index (χ1v) is 6.42. The fraction of sp³-hybridized carbons (Fsp3) is 0.200. The van der Waals surface area contributed by atoms with Crippen LogP contribution in [0.25, 0.3) is 0 Å². The first-order valence-electron chi connectivity index (χ1n) is 6.05. The van der Waals surface area contributed by atoms with E-state index in [-0.39, 0.29) is 6.61 Å². The third-order valence-electron chi connectivity index (χ3n) is 2.77. The summed E-state index contributed by atoms with van der Waals surface area (Å²) in [5, 5.41) is 12.9. The lowest BCUT2D eigenvalue weighted by molar-refractivity contribution is 0.276. The molecule has 100 valence electrons. The van der Waals surface area contributed by atoms with Gasteiger partial charge in [0, 0.05) is 17.7 Å². The number of nitrogens with one attached hydrogen (secondary N) is 1. The molecule has 0 spiro atoms. The van der Waals surface area contributed by atoms with Crippen molar-refractivity contribution in [2.24, 2.45) is 0 Å². The van der Waals surface area contributed by atoms with Crippen LogP contribution in [0.1, 0.15) is 11.1 Å². The van der Waals surface area contributed by atoms with Crippen LogP contribution in [0.4, 0.5) is 0 Å². The van der Waals surface area contributed by atoms with Crippen LogP contribution in [0.5, 0.6) is 11.5 Å². The molecule has 0 radical (unpaired) electrons. The van der Waals surface area contributed by atoms with E-state index < -0.39 is 0 Å². The van der Waals surface area contributed by atoms with E-state index in [9.17, 15) is 5.11 Å². The summed E-state index contributed by atoms with van der Waals surface area (Å²) in [5.41, 5.74) is 1.71. The Morgan fingerprint density at radius 2 is 1.84 bits per heavy atom. The predicted molar refractivity (Wildman–Crippen MR) is 76.7 cm³/mol. The van der Waals surface area contributed by atoms with Gasteiger partial charge in [-0.15, -0.1) is 0 Å². The highest BCUT2D eigenvalue weighted by atomic mass is 35.5. The van der Waals surface area contributed by atoms with Gasteiger partial charge in [0.05, 0.1) is 11.6 Å². The summed E-state index contributed by atoms with van der Waals surface area (Å²) in [5.74, 6) is 1.25. The zero-order chi connectivity index (χ0) is 13.7. The summed E-state index contributed by atoms with van der Waals surface area (Å²) in [6.07, 6.45) is 0. The van der Waals surface area contributed by atoms with Crippen molar-refractivity contribution in [3.8, 4) is 11.5 Å². The lowest BCUT2D eigenvalue weighted by atomic mass is 10.2. The maximum Gasteiger partial charge on any atom is 0.150 e. The average Bonchev–Trinajstić information content (AvgIpc) is 2.43. The number of aliphatic hydroxyl groups is 1. The number of aliphatic hydroxyl groups excluding tert-OH is 1. The minimum Gasteiger partial charge on any atom is -0.455 e. The fourth-order valence-electron chi connectivity index (χ4n) is 1.84. The van der Waals surface area contributed by atoms with Gasteiger partial charge in [-0.3, -0.25) is 0 Å². The summed E-state index contributed by atoms with van der Waals surface area (Å²) in [4.78, 5) is 0. The molecular weight excluding hydrogens is 262 g/mol. The van der Waals surface area contributed by atoms with Gasteiger partial charge in [-0.05, 0) is 19.2 Å². The third-order valence-corrected chi connectivity index (χ3v) is 3.07. The van der Waals surface area contributed by atoms with Crippen LogP contribution in [0.3, 0.4) is 0 Å². The summed E-state index contributed by atoms with van der Waals surface area (Å²) >= 11 is 6.20. The van der Waals surface area contributed by atoms with E-state index in [2.05, 4.69) is 5.32 Å². The van der Waals surface area contributed by atoms with E-state index in [1.807, 2.05) is 43.4 Å². The van der Waals surface area contributed by atoms with Crippen molar-refractivity contribution in [3.05, 3.63) is 58.6 Å². The quantitative estimate of drug-likeness (QED) is 0.881. The number of hydrogen-bond donors (Lipinski definition) is 2. The molecule has 4 heteroatoms. The summed E-state index contributed by atoms with van der Waals surface area (Å²) in [7, 11) is 1.87. The Hall–Kier alpha value is -1.55. The molecule has 0 heterocycles. The second-order valence-electron chi connectivity index (χ2n) is 4.13. The van der Waals surface area contributed by atoms with Gasteiger partial charge in [-0.25, -0.2) is 0 Å². The highest BCUT2D eigenvalue weighted by Gasteiger charge is 2.11. The Labute approximate surface area is 117 Å². The third kappa shape index (κ3) is 3.26. The normalized spacial score (nSPS) is 10.5. The van der Waals surface area contributed by atoms with E-state index in [4.69, 9.17) is 16.3 Å². The van der Waals surface area contributed by atoms with Gasteiger partial charge in [0.25, 0.3) is 0 Å². The number of para-hydroxylation sites is 2. The van der Waals surface area contributed by atoms with Crippen LogP contribution in [-0.4, -0.2) is 12.2 Å². The van der Waals surface area contributed by atoms with E-state index in [1.165, 1.54) is 0 Å². The predicted octanol–water partition coefficient (Wildman–Crippen LogP) is 3.34. The van der Waals surface area contributed by atoms with E-state index in [1.54, 1.807) is 6.07 Å². The molecular formula is C15H16ClNO2. The van der Waals surface area contributed by atoms with Crippen molar-refractivity contribution < 1.29 is 9.84 Å². The average molecular weight is 278 g/mol. The van der Waals surface area contributed by atoms with Gasteiger partial charge in [-0.1, -0.05) is 41.9 Å². The fourth-order valence-corrected chi connectivity index (χ4v) is 2.07. The summed E-state index contributed by atoms with van der Waals surface area (Å²) in [6, 6.07) is 13.0. The van der Waals surface area contributed by atoms with Crippen LogP contribution in [0.15, 0.2) is 42.5 Å². The Kier molecular flexibility index (Phi) is 4.80. The molecule has 0 fully saturated rings. The SMILES string of the molecule is CNCc1cccc(Cl)c1Oc1ccccc1CO. The second kappa shape index (κ2) is 6.57.